The fourth-order valence-corrected chi connectivity index (χ4v) is 14.8. The second kappa shape index (κ2) is 52.2. The number of halogens is 6. The maximum absolute atomic E-state index is 12.7. The number of carboxylic acids is 2. The third-order valence-corrected chi connectivity index (χ3v) is 22.1. The second-order valence-corrected chi connectivity index (χ2v) is 31.6. The molecular formula is C102H94F6N4O14S5. The van der Waals surface area contributed by atoms with Crippen molar-refractivity contribution >= 4 is 129 Å². The van der Waals surface area contributed by atoms with Crippen molar-refractivity contribution in [2.75, 3.05) is 67.2 Å². The van der Waals surface area contributed by atoms with Crippen molar-refractivity contribution in [3.05, 3.63) is 378 Å². The zero-order valence-corrected chi connectivity index (χ0v) is 75.1. The molecule has 15 aromatic rings. The number of phenols is 6. The molecule has 0 unspecified atom stereocenters. The molecule has 0 heterocycles. The summed E-state index contributed by atoms with van der Waals surface area (Å²) >= 11 is 11.5. The zero-order valence-electron chi connectivity index (χ0n) is 70.8. The summed E-state index contributed by atoms with van der Waals surface area (Å²) in [6.45, 7) is 5.84. The van der Waals surface area contributed by atoms with Crippen LogP contribution in [-0.4, -0.2) is 110 Å². The van der Waals surface area contributed by atoms with E-state index >= 15 is 0 Å². The van der Waals surface area contributed by atoms with Crippen LogP contribution in [0.3, 0.4) is 0 Å². The Morgan fingerprint density at radius 2 is 0.870 bits per heavy atom. The third-order valence-electron chi connectivity index (χ3n) is 18.6. The number of anilines is 4. The standard InChI is InChI=1S/C20H19NO2.C20H14O2S.C16H8F6O4S.C14H15NO2.C13H11NO2.C13H13NS.C6H14O2S2/c1-15-8-2-6-12-19(15)23-20-13-7-4-10-17(20)21-14-16-9-3-5-11-18(16)22;21-17-10-9-13-5-3-4-8-16(13)20(17)23-19-12-15-7-2-1-6-14(15)11-18(19)22;17-15(18,19)7-1-3-11(9(5-7)13(23)24)27-12-4-2-8(16(20,21)22)6-10(12)14(25)26;1-17-14-9-5-3-7-12(14)15-10-11-6-2-4-8-13(11)16;15-12-7-3-1-5-10(12)9-14-11-6-2-4-8-13(11)16;1-15-13-10-6-5-9-12(13)14-11-7-3-2-4-8-11;9-5-3-7-1-2-8-4-6-10/h2-13,21-22H,14H2,1H3;1-12,21-22H;1-6H,(H,23,24)(H,25,26);2-9,15-16H,10H2,1H3;1-9,15-16H;2-10,14H,1H3;9-10H,1-6H2. The van der Waals surface area contributed by atoms with E-state index in [2.05, 4.69) is 82.8 Å². The van der Waals surface area contributed by atoms with Crippen molar-refractivity contribution in [3.63, 3.8) is 0 Å². The molecule has 0 atom stereocenters. The summed E-state index contributed by atoms with van der Waals surface area (Å²) in [5, 5.41) is 91.4. The van der Waals surface area contributed by atoms with Crippen LogP contribution in [0.1, 0.15) is 54.1 Å². The van der Waals surface area contributed by atoms with E-state index in [-0.39, 0.29) is 38.5 Å². The van der Waals surface area contributed by atoms with Gasteiger partial charge in [0.1, 0.15) is 51.7 Å². The highest BCUT2D eigenvalue weighted by molar-refractivity contribution is 8.00. The molecule has 15 rings (SSSR count). The van der Waals surface area contributed by atoms with E-state index in [1.807, 2.05) is 207 Å². The number of aryl methyl sites for hydroxylation is 1. The Balaban J connectivity index is 0.000000175. The fraction of sp³-hybridized carbons (Fsp3) is 0.127. The molecule has 0 amide bonds. The number of fused-ring (bicyclic) bond motifs is 2. The predicted octanol–water partition coefficient (Wildman–Crippen LogP) is 26.8. The molecule has 0 fully saturated rings. The molecule has 0 aromatic heterocycles. The number of hydrogen-bond donors (Lipinski definition) is 13. The number of rotatable bonds is 27. The number of aromatic carboxylic acids is 2. The largest absolute Gasteiger partial charge is 0.508 e. The van der Waals surface area contributed by atoms with E-state index in [4.69, 9.17) is 29.2 Å². The number of carbonyl (C=O) groups is 2. The minimum Gasteiger partial charge on any atom is -0.508 e. The van der Waals surface area contributed by atoms with Crippen LogP contribution in [0.2, 0.25) is 0 Å². The number of nitrogens with zero attached hydrogens (tertiary/aromatic N) is 1. The summed E-state index contributed by atoms with van der Waals surface area (Å²) in [6.07, 6.45) is -5.99. The number of thiol groups is 2. The molecular weight excluding hydrogens is 1780 g/mol. The van der Waals surface area contributed by atoms with Crippen molar-refractivity contribution in [2.24, 2.45) is 4.99 Å². The molecule has 0 aliphatic carbocycles. The molecule has 18 nitrogen and oxygen atoms in total. The Hall–Kier alpha value is -13.5. The molecule has 0 saturated heterocycles. The number of para-hydroxylation sites is 12. The zero-order chi connectivity index (χ0) is 94.1. The van der Waals surface area contributed by atoms with Gasteiger partial charge in [0.15, 0.2) is 5.75 Å². The normalized spacial score (nSPS) is 10.8. The molecule has 0 saturated carbocycles. The summed E-state index contributed by atoms with van der Waals surface area (Å²) in [7, 11) is 1.64. The van der Waals surface area contributed by atoms with Crippen LogP contribution in [0, 0.1) is 6.92 Å². The van der Waals surface area contributed by atoms with Crippen molar-refractivity contribution in [1.82, 2.24) is 0 Å². The van der Waals surface area contributed by atoms with Crippen LogP contribution >= 0.6 is 60.5 Å². The van der Waals surface area contributed by atoms with E-state index < -0.39 is 46.5 Å². The first-order valence-electron chi connectivity index (χ1n) is 40.2. The summed E-state index contributed by atoms with van der Waals surface area (Å²) in [5.41, 5.74) is 4.01. The van der Waals surface area contributed by atoms with Crippen LogP contribution < -0.4 is 25.4 Å². The van der Waals surface area contributed by atoms with Gasteiger partial charge in [-0.05, 0) is 186 Å². The molecule has 29 heteroatoms. The Morgan fingerprint density at radius 1 is 0.412 bits per heavy atom. The summed E-state index contributed by atoms with van der Waals surface area (Å²) in [5.74, 6) is 1.86. The highest BCUT2D eigenvalue weighted by atomic mass is 32.2. The van der Waals surface area contributed by atoms with Crippen molar-refractivity contribution in [2.45, 2.75) is 56.8 Å². The van der Waals surface area contributed by atoms with Gasteiger partial charge in [-0.15, -0.1) is 11.8 Å². The minimum atomic E-state index is -4.80. The maximum Gasteiger partial charge on any atom is 0.416 e. The van der Waals surface area contributed by atoms with Gasteiger partial charge in [0.05, 0.1) is 82.6 Å². The number of aromatic hydroxyl groups is 6. The molecule has 11 N–H and O–H groups in total. The molecule has 0 aliphatic rings. The van der Waals surface area contributed by atoms with Gasteiger partial charge in [-0.2, -0.15) is 51.6 Å². The van der Waals surface area contributed by atoms with Gasteiger partial charge in [0.2, 0.25) is 0 Å². The number of alkyl halides is 6. The second-order valence-electron chi connectivity index (χ2n) is 27.7. The Morgan fingerprint density at radius 3 is 1.40 bits per heavy atom. The quantitative estimate of drug-likeness (QED) is 0.00749. The molecule has 131 heavy (non-hydrogen) atoms. The number of carboxylic acid groups (broad SMARTS) is 2. The average molecular weight is 1870 g/mol. The Bertz CT molecular complexity index is 6090. The lowest BCUT2D eigenvalue weighted by molar-refractivity contribution is -0.138. The highest BCUT2D eigenvalue weighted by Crippen LogP contribution is 2.45. The molecule has 678 valence electrons. The number of aliphatic imine (C=N–C) groups is 1. The Kier molecular flexibility index (Phi) is 40.3. The van der Waals surface area contributed by atoms with Crippen molar-refractivity contribution in [3.8, 4) is 51.7 Å². The van der Waals surface area contributed by atoms with E-state index in [1.54, 1.807) is 85.6 Å². The van der Waals surface area contributed by atoms with Gasteiger partial charge in [0.25, 0.3) is 0 Å². The number of nitrogens with one attached hydrogen (secondary N) is 3. The average Bonchev–Trinajstić information content (AvgIpc) is 0.794. The fourth-order valence-electron chi connectivity index (χ4n) is 11.9. The first-order chi connectivity index (χ1) is 63.2. The van der Waals surface area contributed by atoms with Gasteiger partial charge in [-0.1, -0.05) is 212 Å². The van der Waals surface area contributed by atoms with Crippen LogP contribution in [0.25, 0.3) is 21.5 Å². The highest BCUT2D eigenvalue weighted by Gasteiger charge is 2.34. The summed E-state index contributed by atoms with van der Waals surface area (Å²) in [6, 6.07) is 96.9. The van der Waals surface area contributed by atoms with Crippen LogP contribution in [-0.2, 0) is 34.9 Å². The minimum absolute atomic E-state index is 0.120. The lowest BCUT2D eigenvalue weighted by atomic mass is 10.1. The number of thioether (sulfide) groups is 1. The van der Waals surface area contributed by atoms with Gasteiger partial charge in [-0.3, -0.25) is 4.99 Å². The van der Waals surface area contributed by atoms with E-state index in [0.717, 1.165) is 112 Å². The van der Waals surface area contributed by atoms with Crippen molar-refractivity contribution in [1.29, 1.82) is 0 Å². The number of phenolic OH excluding ortho intramolecular Hbond substituents is 6. The first kappa shape index (κ1) is 101. The van der Waals surface area contributed by atoms with Gasteiger partial charge in [0, 0.05) is 67.9 Å². The first-order valence-corrected chi connectivity index (χ1v) is 44.4. The topological polar surface area (TPSA) is 281 Å². The van der Waals surface area contributed by atoms with E-state index in [0.29, 0.717) is 92.5 Å². The van der Waals surface area contributed by atoms with Gasteiger partial charge < -0.3 is 75.8 Å². The summed E-state index contributed by atoms with van der Waals surface area (Å²) in [4.78, 5) is 28.9. The van der Waals surface area contributed by atoms with Gasteiger partial charge in [-0.25, -0.2) is 9.59 Å². The molecule has 0 spiro atoms. The number of ether oxygens (including phenoxy) is 4. The molecule has 0 aliphatic heterocycles. The predicted molar refractivity (Wildman–Crippen MR) is 519 cm³/mol. The van der Waals surface area contributed by atoms with E-state index in [9.17, 15) is 66.6 Å². The van der Waals surface area contributed by atoms with Crippen LogP contribution in [0.5, 0.6) is 51.7 Å². The molecule has 0 bridgehead atoms. The van der Waals surface area contributed by atoms with Crippen LogP contribution in [0.15, 0.2) is 363 Å². The Labute approximate surface area is 778 Å². The number of benzene rings is 15. The summed E-state index contributed by atoms with van der Waals surface area (Å²) < 4.78 is 97.9. The number of hydrogen-bond acceptors (Lipinski definition) is 21. The lowest BCUT2D eigenvalue weighted by Crippen LogP contribution is -2.09. The molecule has 0 radical (unpaired) electrons. The third kappa shape index (κ3) is 32.3. The lowest BCUT2D eigenvalue weighted by Gasteiger charge is -2.14. The van der Waals surface area contributed by atoms with Crippen molar-refractivity contribution < 1.29 is 95.7 Å². The molecule has 15 aromatic carbocycles. The smallest absolute Gasteiger partial charge is 0.416 e. The van der Waals surface area contributed by atoms with Crippen LogP contribution in [0.4, 0.5) is 54.8 Å². The van der Waals surface area contributed by atoms with E-state index in [1.165, 1.54) is 22.9 Å². The van der Waals surface area contributed by atoms with Gasteiger partial charge >= 0.3 is 24.3 Å². The maximum atomic E-state index is 12.7. The SMILES string of the molecule is COc1ccccc1NCc1ccccc1O.CSc1ccccc1Nc1ccccc1.Cc1ccccc1Oc1ccccc1NCc1ccccc1O.O=C(O)c1cc(C(F)(F)F)ccc1Sc1ccc(C(F)(F)F)cc1C(=O)O.Oc1cc2ccccc2cc1Sc1c(O)ccc2ccccc12.Oc1ccccc1C=Nc1ccccc1O.SCCOCCOCCS. The number of methoxy groups -OCH3 is 1. The monoisotopic (exact) mass is 1870 g/mol.